The molecule has 0 fully saturated rings. The summed E-state index contributed by atoms with van der Waals surface area (Å²) in [5.74, 6) is 0.182. The van der Waals surface area contributed by atoms with Crippen LogP contribution in [0.15, 0.2) is 24.3 Å². The molecule has 0 aliphatic carbocycles. The van der Waals surface area contributed by atoms with Gasteiger partial charge in [0.15, 0.2) is 0 Å². The van der Waals surface area contributed by atoms with E-state index < -0.39 is 17.9 Å². The Kier molecular flexibility index (Phi) is 6.73. The summed E-state index contributed by atoms with van der Waals surface area (Å²) < 4.78 is 0. The number of thioether (sulfide) groups is 1. The van der Waals surface area contributed by atoms with E-state index in [-0.39, 0.29) is 0 Å². The second-order valence-electron chi connectivity index (χ2n) is 3.86. The molecule has 19 heavy (non-hydrogen) atoms. The molecule has 1 atom stereocenters. The van der Waals surface area contributed by atoms with Gasteiger partial charge in [0.25, 0.3) is 5.91 Å². The molecule has 0 heterocycles. The molecule has 0 aliphatic rings. The molecular weight excluding hydrogens is 286 g/mol. The molecule has 104 valence electrons. The highest BCUT2D eigenvalue weighted by atomic mass is 35.5. The quantitative estimate of drug-likeness (QED) is 0.760. The predicted octanol–water partition coefficient (Wildman–Crippen LogP) is 2.67. The molecular formula is C13H16ClNO3S. The number of nitrogens with one attached hydrogen (secondary N) is 1. The lowest BCUT2D eigenvalue weighted by molar-refractivity contribution is -0.139. The fraction of sp³-hybridized carbons (Fsp3) is 0.385. The third-order valence-electron chi connectivity index (χ3n) is 2.45. The molecule has 0 bridgehead atoms. The second kappa shape index (κ2) is 8.07. The van der Waals surface area contributed by atoms with Crippen LogP contribution < -0.4 is 5.32 Å². The highest BCUT2D eigenvalue weighted by Gasteiger charge is 2.20. The van der Waals surface area contributed by atoms with Gasteiger partial charge in [-0.25, -0.2) is 4.79 Å². The molecule has 1 rings (SSSR count). The van der Waals surface area contributed by atoms with Gasteiger partial charge in [0.2, 0.25) is 0 Å². The summed E-state index contributed by atoms with van der Waals surface area (Å²) in [6.07, 6.45) is 0.403. The van der Waals surface area contributed by atoms with Gasteiger partial charge in [0, 0.05) is 10.6 Å². The zero-order valence-electron chi connectivity index (χ0n) is 10.6. The van der Waals surface area contributed by atoms with Crippen LogP contribution in [0.1, 0.15) is 23.7 Å². The van der Waals surface area contributed by atoms with Crippen LogP contribution in [-0.2, 0) is 4.79 Å². The van der Waals surface area contributed by atoms with Crippen molar-refractivity contribution in [2.24, 2.45) is 0 Å². The van der Waals surface area contributed by atoms with Crippen molar-refractivity contribution in [3.63, 3.8) is 0 Å². The minimum Gasteiger partial charge on any atom is -0.480 e. The number of rotatable bonds is 7. The maximum absolute atomic E-state index is 11.9. The smallest absolute Gasteiger partial charge is 0.326 e. The maximum atomic E-state index is 11.9. The van der Waals surface area contributed by atoms with Gasteiger partial charge in [-0.2, -0.15) is 11.8 Å². The lowest BCUT2D eigenvalue weighted by Crippen LogP contribution is -2.41. The van der Waals surface area contributed by atoms with E-state index >= 15 is 0 Å². The van der Waals surface area contributed by atoms with E-state index in [0.717, 1.165) is 5.75 Å². The van der Waals surface area contributed by atoms with Crippen LogP contribution in [0.3, 0.4) is 0 Å². The molecule has 0 aromatic heterocycles. The number of hydrogen-bond donors (Lipinski definition) is 2. The Labute approximate surface area is 121 Å². The van der Waals surface area contributed by atoms with Crippen molar-refractivity contribution in [2.45, 2.75) is 19.4 Å². The predicted molar refractivity (Wildman–Crippen MR) is 78.0 cm³/mol. The first-order chi connectivity index (χ1) is 9.04. The Bertz CT molecular complexity index is 453. The van der Waals surface area contributed by atoms with E-state index in [1.165, 1.54) is 6.07 Å². The summed E-state index contributed by atoms with van der Waals surface area (Å²) >= 11 is 7.43. The van der Waals surface area contributed by atoms with Crippen LogP contribution in [0.4, 0.5) is 0 Å². The summed E-state index contributed by atoms with van der Waals surface area (Å²) in [5.41, 5.74) is 0.363. The Balaban J connectivity index is 2.63. The summed E-state index contributed by atoms with van der Waals surface area (Å²) in [6.45, 7) is 2.00. The number of aliphatic carboxylic acids is 1. The average Bonchev–Trinajstić information content (AvgIpc) is 2.37. The van der Waals surface area contributed by atoms with Gasteiger partial charge in [0.1, 0.15) is 6.04 Å². The molecule has 6 heteroatoms. The van der Waals surface area contributed by atoms with Crippen molar-refractivity contribution in [3.8, 4) is 0 Å². The van der Waals surface area contributed by atoms with Gasteiger partial charge >= 0.3 is 5.97 Å². The molecule has 1 amide bonds. The van der Waals surface area contributed by atoms with Crippen LogP contribution >= 0.6 is 23.4 Å². The SMILES string of the molecule is CCSCCC(NC(=O)c1cccc(Cl)c1)C(=O)O. The molecule has 1 aromatic carbocycles. The fourth-order valence-corrected chi connectivity index (χ4v) is 2.36. The first-order valence-electron chi connectivity index (χ1n) is 5.91. The van der Waals surface area contributed by atoms with E-state index in [9.17, 15) is 9.59 Å². The van der Waals surface area contributed by atoms with Gasteiger partial charge in [-0.15, -0.1) is 0 Å². The first kappa shape index (κ1) is 15.9. The number of carbonyl (C=O) groups excluding carboxylic acids is 1. The Morgan fingerprint density at radius 2 is 2.21 bits per heavy atom. The van der Waals surface area contributed by atoms with Crippen LogP contribution in [-0.4, -0.2) is 34.5 Å². The Hall–Kier alpha value is -1.20. The lowest BCUT2D eigenvalue weighted by atomic mass is 10.1. The van der Waals surface area contributed by atoms with Crippen molar-refractivity contribution in [2.75, 3.05) is 11.5 Å². The summed E-state index contributed by atoms with van der Waals surface area (Å²) in [7, 11) is 0. The van der Waals surface area contributed by atoms with E-state index in [1.54, 1.807) is 30.0 Å². The minimum absolute atomic E-state index is 0.363. The minimum atomic E-state index is -1.02. The van der Waals surface area contributed by atoms with Crippen molar-refractivity contribution in [1.82, 2.24) is 5.32 Å². The lowest BCUT2D eigenvalue weighted by Gasteiger charge is -2.14. The van der Waals surface area contributed by atoms with Gasteiger partial charge in [0.05, 0.1) is 0 Å². The van der Waals surface area contributed by atoms with Crippen molar-refractivity contribution < 1.29 is 14.7 Å². The Morgan fingerprint density at radius 3 is 2.79 bits per heavy atom. The van der Waals surface area contributed by atoms with E-state index in [2.05, 4.69) is 5.32 Å². The monoisotopic (exact) mass is 301 g/mol. The molecule has 0 saturated heterocycles. The zero-order chi connectivity index (χ0) is 14.3. The number of hydrogen-bond acceptors (Lipinski definition) is 3. The van der Waals surface area contributed by atoms with Crippen molar-refractivity contribution in [3.05, 3.63) is 34.9 Å². The van der Waals surface area contributed by atoms with Crippen LogP contribution in [0.2, 0.25) is 5.02 Å². The third-order valence-corrected chi connectivity index (χ3v) is 3.61. The molecule has 0 aliphatic heterocycles. The molecule has 1 unspecified atom stereocenters. The van der Waals surface area contributed by atoms with Crippen molar-refractivity contribution >= 4 is 35.2 Å². The fourth-order valence-electron chi connectivity index (χ4n) is 1.47. The number of benzene rings is 1. The van der Waals surface area contributed by atoms with Crippen LogP contribution in [0, 0.1) is 0 Å². The van der Waals surface area contributed by atoms with E-state index in [4.69, 9.17) is 16.7 Å². The average molecular weight is 302 g/mol. The third kappa shape index (κ3) is 5.53. The van der Waals surface area contributed by atoms with Gasteiger partial charge < -0.3 is 10.4 Å². The summed E-state index contributed by atoms with van der Waals surface area (Å²) in [4.78, 5) is 23.0. The van der Waals surface area contributed by atoms with Crippen molar-refractivity contribution in [1.29, 1.82) is 0 Å². The van der Waals surface area contributed by atoms with Gasteiger partial charge in [-0.05, 0) is 36.1 Å². The Morgan fingerprint density at radius 1 is 1.47 bits per heavy atom. The first-order valence-corrected chi connectivity index (χ1v) is 7.44. The van der Waals surface area contributed by atoms with E-state index in [1.807, 2.05) is 6.92 Å². The standard InChI is InChI=1S/C13H16ClNO3S/c1-2-19-7-6-11(13(17)18)15-12(16)9-4-3-5-10(14)8-9/h3-5,8,11H,2,6-7H2,1H3,(H,15,16)(H,17,18). The zero-order valence-corrected chi connectivity index (χ0v) is 12.1. The second-order valence-corrected chi connectivity index (χ2v) is 5.69. The van der Waals surface area contributed by atoms with Gasteiger partial charge in [-0.1, -0.05) is 24.6 Å². The molecule has 2 N–H and O–H groups in total. The topological polar surface area (TPSA) is 66.4 Å². The molecule has 1 aromatic rings. The highest BCUT2D eigenvalue weighted by molar-refractivity contribution is 7.99. The molecule has 0 radical (unpaired) electrons. The normalized spacial score (nSPS) is 11.9. The van der Waals surface area contributed by atoms with E-state index in [0.29, 0.717) is 22.8 Å². The number of carbonyl (C=O) groups is 2. The van der Waals surface area contributed by atoms with Gasteiger partial charge in [-0.3, -0.25) is 4.79 Å². The summed E-state index contributed by atoms with van der Waals surface area (Å²) in [5, 5.41) is 12.0. The maximum Gasteiger partial charge on any atom is 0.326 e. The number of carboxylic acid groups (broad SMARTS) is 1. The molecule has 4 nitrogen and oxygen atoms in total. The summed E-state index contributed by atoms with van der Waals surface area (Å²) in [6, 6.07) is 5.55. The number of amides is 1. The highest BCUT2D eigenvalue weighted by Crippen LogP contribution is 2.11. The molecule has 0 spiro atoms. The largest absolute Gasteiger partial charge is 0.480 e. The number of halogens is 1. The molecule has 0 saturated carbocycles. The van der Waals surface area contributed by atoms with Crippen LogP contribution in [0.25, 0.3) is 0 Å². The van der Waals surface area contributed by atoms with Crippen LogP contribution in [0.5, 0.6) is 0 Å². The number of carboxylic acids is 1.